The molecule has 0 bridgehead atoms. The number of aliphatic carboxylic acids is 1. The SMILES string of the molecule is O=C(O)C1=CC(=O)C2CCN12. The number of carbonyl (C=O) groups excluding carboxylic acids is 1. The van der Waals surface area contributed by atoms with Gasteiger partial charge in [-0.1, -0.05) is 0 Å². The van der Waals surface area contributed by atoms with Gasteiger partial charge >= 0.3 is 5.97 Å². The number of rotatable bonds is 1. The van der Waals surface area contributed by atoms with Crippen LogP contribution in [0, 0.1) is 0 Å². The molecule has 1 N–H and O–H groups in total. The lowest BCUT2D eigenvalue weighted by atomic mass is 10.0. The molecule has 1 saturated heterocycles. The van der Waals surface area contributed by atoms with Gasteiger partial charge in [-0.25, -0.2) is 4.79 Å². The van der Waals surface area contributed by atoms with Gasteiger partial charge in [0.05, 0.1) is 6.04 Å². The second kappa shape index (κ2) is 1.84. The van der Waals surface area contributed by atoms with Crippen molar-refractivity contribution in [3.63, 3.8) is 0 Å². The summed E-state index contributed by atoms with van der Waals surface area (Å²) in [6.07, 6.45) is 2.02. The highest BCUT2D eigenvalue weighted by atomic mass is 16.4. The lowest BCUT2D eigenvalue weighted by molar-refractivity contribution is -0.135. The molecule has 0 aromatic heterocycles. The van der Waals surface area contributed by atoms with Gasteiger partial charge in [0.25, 0.3) is 0 Å². The molecule has 1 fully saturated rings. The van der Waals surface area contributed by atoms with Gasteiger partial charge in [0.1, 0.15) is 5.70 Å². The minimum Gasteiger partial charge on any atom is -0.477 e. The molecular weight excluding hydrogens is 146 g/mol. The van der Waals surface area contributed by atoms with E-state index in [4.69, 9.17) is 5.11 Å². The predicted octanol–water partition coefficient (Wildman–Crippen LogP) is -0.388. The maximum Gasteiger partial charge on any atom is 0.352 e. The van der Waals surface area contributed by atoms with E-state index in [2.05, 4.69) is 0 Å². The van der Waals surface area contributed by atoms with Gasteiger partial charge in [-0.3, -0.25) is 4.79 Å². The van der Waals surface area contributed by atoms with E-state index in [1.54, 1.807) is 4.90 Å². The summed E-state index contributed by atoms with van der Waals surface area (Å²) in [6.45, 7) is 0.703. The largest absolute Gasteiger partial charge is 0.477 e. The molecule has 1 unspecified atom stereocenters. The zero-order chi connectivity index (χ0) is 8.01. The lowest BCUT2D eigenvalue weighted by Gasteiger charge is -2.36. The van der Waals surface area contributed by atoms with E-state index in [1.807, 2.05) is 0 Å². The Morgan fingerprint density at radius 3 is 2.73 bits per heavy atom. The summed E-state index contributed by atoms with van der Waals surface area (Å²) in [5.74, 6) is -1.06. The summed E-state index contributed by atoms with van der Waals surface area (Å²) in [4.78, 5) is 23.1. The van der Waals surface area contributed by atoms with E-state index in [9.17, 15) is 9.59 Å². The molecule has 0 aromatic rings. The van der Waals surface area contributed by atoms with Crippen LogP contribution in [0.4, 0.5) is 0 Å². The molecule has 58 valence electrons. The van der Waals surface area contributed by atoms with Crippen molar-refractivity contribution in [1.82, 2.24) is 4.90 Å². The molecule has 0 amide bonds. The molecule has 0 aliphatic carbocycles. The van der Waals surface area contributed by atoms with Gasteiger partial charge in [-0.15, -0.1) is 0 Å². The van der Waals surface area contributed by atoms with Crippen molar-refractivity contribution in [3.05, 3.63) is 11.8 Å². The highest BCUT2D eigenvalue weighted by Gasteiger charge is 2.42. The summed E-state index contributed by atoms with van der Waals surface area (Å²) in [7, 11) is 0. The number of nitrogens with zero attached hydrogens (tertiary/aromatic N) is 1. The van der Waals surface area contributed by atoms with Crippen LogP contribution in [0.15, 0.2) is 11.8 Å². The van der Waals surface area contributed by atoms with E-state index in [0.29, 0.717) is 6.54 Å². The second-order valence-corrected chi connectivity index (χ2v) is 2.73. The van der Waals surface area contributed by atoms with Gasteiger partial charge in [-0.05, 0) is 6.42 Å². The van der Waals surface area contributed by atoms with Gasteiger partial charge in [0.2, 0.25) is 0 Å². The Balaban J connectivity index is 2.29. The first-order chi connectivity index (χ1) is 5.20. The average Bonchev–Trinajstić information content (AvgIpc) is 2.02. The average molecular weight is 153 g/mol. The van der Waals surface area contributed by atoms with Crippen LogP contribution in [0.3, 0.4) is 0 Å². The fourth-order valence-electron chi connectivity index (χ4n) is 1.47. The van der Waals surface area contributed by atoms with Crippen molar-refractivity contribution < 1.29 is 14.7 Å². The van der Waals surface area contributed by atoms with Crippen LogP contribution in [0.5, 0.6) is 0 Å². The van der Waals surface area contributed by atoms with Gasteiger partial charge in [0.15, 0.2) is 5.78 Å². The number of carbonyl (C=O) groups is 2. The van der Waals surface area contributed by atoms with Crippen LogP contribution < -0.4 is 0 Å². The quantitative estimate of drug-likeness (QED) is 0.557. The Bertz CT molecular complexity index is 269. The van der Waals surface area contributed by atoms with Crippen LogP contribution in [-0.2, 0) is 9.59 Å². The lowest BCUT2D eigenvalue weighted by Crippen LogP contribution is -2.47. The highest BCUT2D eigenvalue weighted by Crippen LogP contribution is 2.29. The number of fused-ring (bicyclic) bond motifs is 1. The summed E-state index contributed by atoms with van der Waals surface area (Å²) in [5, 5.41) is 8.59. The predicted molar refractivity (Wildman–Crippen MR) is 35.8 cm³/mol. The second-order valence-electron chi connectivity index (χ2n) is 2.73. The molecule has 4 heteroatoms. The van der Waals surface area contributed by atoms with Crippen molar-refractivity contribution in [2.24, 2.45) is 0 Å². The highest BCUT2D eigenvalue weighted by molar-refractivity contribution is 6.05. The smallest absolute Gasteiger partial charge is 0.352 e. The van der Waals surface area contributed by atoms with Crippen molar-refractivity contribution in [2.75, 3.05) is 6.54 Å². The molecule has 0 aromatic carbocycles. The minimum atomic E-state index is -0.999. The normalized spacial score (nSPS) is 27.6. The van der Waals surface area contributed by atoms with E-state index in [-0.39, 0.29) is 17.5 Å². The standard InChI is InChI=1S/C7H7NO3/c9-6-3-5(7(10)11)8-2-1-4(6)8/h3-4H,1-2H2,(H,10,11). The molecule has 11 heavy (non-hydrogen) atoms. The maximum absolute atomic E-state index is 11.0. The van der Waals surface area contributed by atoms with E-state index < -0.39 is 5.97 Å². The van der Waals surface area contributed by atoms with Gasteiger partial charge in [0, 0.05) is 12.6 Å². The number of ketones is 1. The molecule has 2 rings (SSSR count). The molecule has 2 heterocycles. The Hall–Kier alpha value is -1.32. The zero-order valence-corrected chi connectivity index (χ0v) is 5.78. The molecule has 2 aliphatic rings. The number of carboxylic acid groups (broad SMARTS) is 1. The van der Waals surface area contributed by atoms with Gasteiger partial charge in [-0.2, -0.15) is 0 Å². The Morgan fingerprint density at radius 1 is 1.73 bits per heavy atom. The van der Waals surface area contributed by atoms with Crippen LogP contribution in [0.1, 0.15) is 6.42 Å². The Labute approximate surface area is 63.1 Å². The number of hydrogen-bond acceptors (Lipinski definition) is 3. The molecule has 0 saturated carbocycles. The molecule has 0 radical (unpaired) electrons. The fraction of sp³-hybridized carbons (Fsp3) is 0.429. The summed E-state index contributed by atoms with van der Waals surface area (Å²) < 4.78 is 0. The first kappa shape index (κ1) is 6.39. The summed E-state index contributed by atoms with van der Waals surface area (Å²) >= 11 is 0. The van der Waals surface area contributed by atoms with E-state index in [0.717, 1.165) is 6.42 Å². The third kappa shape index (κ3) is 0.691. The summed E-state index contributed by atoms with van der Waals surface area (Å²) in [5.41, 5.74) is 0.159. The monoisotopic (exact) mass is 153 g/mol. The van der Waals surface area contributed by atoms with Crippen molar-refractivity contribution in [1.29, 1.82) is 0 Å². The number of carboxylic acids is 1. The molecular formula is C7H7NO3. The van der Waals surface area contributed by atoms with E-state index >= 15 is 0 Å². The van der Waals surface area contributed by atoms with Crippen LogP contribution in [-0.4, -0.2) is 34.3 Å². The fourth-order valence-corrected chi connectivity index (χ4v) is 1.47. The molecule has 2 aliphatic heterocycles. The zero-order valence-electron chi connectivity index (χ0n) is 5.78. The topological polar surface area (TPSA) is 57.6 Å². The Kier molecular flexibility index (Phi) is 1.07. The van der Waals surface area contributed by atoms with Crippen LogP contribution in [0.25, 0.3) is 0 Å². The molecule has 1 atom stereocenters. The maximum atomic E-state index is 11.0. The van der Waals surface area contributed by atoms with E-state index in [1.165, 1.54) is 6.08 Å². The minimum absolute atomic E-state index is 0.0614. The van der Waals surface area contributed by atoms with Crippen LogP contribution >= 0.6 is 0 Å². The molecule has 4 nitrogen and oxygen atoms in total. The van der Waals surface area contributed by atoms with Crippen LogP contribution in [0.2, 0.25) is 0 Å². The van der Waals surface area contributed by atoms with Crippen molar-refractivity contribution >= 4 is 11.8 Å². The Morgan fingerprint density at radius 2 is 2.45 bits per heavy atom. The number of hydrogen-bond donors (Lipinski definition) is 1. The first-order valence-corrected chi connectivity index (χ1v) is 3.45. The summed E-state index contributed by atoms with van der Waals surface area (Å²) in [6, 6.07) is -0.152. The third-order valence-corrected chi connectivity index (χ3v) is 2.16. The van der Waals surface area contributed by atoms with Gasteiger partial charge < -0.3 is 10.0 Å². The van der Waals surface area contributed by atoms with Crippen molar-refractivity contribution in [2.45, 2.75) is 12.5 Å². The molecule has 0 spiro atoms. The first-order valence-electron chi connectivity index (χ1n) is 3.45. The third-order valence-electron chi connectivity index (χ3n) is 2.16. The van der Waals surface area contributed by atoms with Crippen molar-refractivity contribution in [3.8, 4) is 0 Å².